The van der Waals surface area contributed by atoms with E-state index in [-0.39, 0.29) is 5.91 Å². The number of nitrogens with one attached hydrogen (secondary N) is 2. The minimum absolute atomic E-state index is 0.00208. The molecule has 5 heteroatoms. The molecular weight excluding hydrogens is 318 g/mol. The van der Waals surface area contributed by atoms with E-state index in [0.717, 1.165) is 29.8 Å². The zero-order valence-corrected chi connectivity index (χ0v) is 13.4. The second-order valence-corrected chi connectivity index (χ2v) is 6.06. The van der Waals surface area contributed by atoms with Gasteiger partial charge in [-0.3, -0.25) is 4.79 Å². The highest BCUT2D eigenvalue weighted by molar-refractivity contribution is 9.10. The predicted octanol–water partition coefficient (Wildman–Crippen LogP) is 2.32. The highest BCUT2D eigenvalue weighted by atomic mass is 79.9. The number of benzene rings is 1. The summed E-state index contributed by atoms with van der Waals surface area (Å²) >= 11 is 3.42. The van der Waals surface area contributed by atoms with Gasteiger partial charge < -0.3 is 15.5 Å². The summed E-state index contributed by atoms with van der Waals surface area (Å²) in [7, 11) is 0. The summed E-state index contributed by atoms with van der Waals surface area (Å²) in [6.07, 6.45) is 1.23. The highest BCUT2D eigenvalue weighted by Gasteiger charge is 2.20. The van der Waals surface area contributed by atoms with Gasteiger partial charge in [-0.1, -0.05) is 19.1 Å². The number of halogens is 1. The Kier molecular flexibility index (Phi) is 6.01. The summed E-state index contributed by atoms with van der Waals surface area (Å²) in [5.74, 6) is 0.674. The SMILES string of the molecule is CCN1CCC(CNCC(=O)Nc2ccccc2Br)C1. The Balaban J connectivity index is 1.67. The molecule has 1 amide bonds. The molecule has 1 saturated heterocycles. The summed E-state index contributed by atoms with van der Waals surface area (Å²) in [5, 5.41) is 6.15. The minimum Gasteiger partial charge on any atom is -0.324 e. The number of anilines is 1. The van der Waals surface area contributed by atoms with Crippen LogP contribution < -0.4 is 10.6 Å². The molecule has 1 aromatic rings. The van der Waals surface area contributed by atoms with E-state index in [1.165, 1.54) is 13.0 Å². The second-order valence-electron chi connectivity index (χ2n) is 5.21. The van der Waals surface area contributed by atoms with E-state index in [0.29, 0.717) is 12.5 Å². The Bertz CT molecular complexity index is 452. The highest BCUT2D eigenvalue weighted by Crippen LogP contribution is 2.20. The number of nitrogens with zero attached hydrogens (tertiary/aromatic N) is 1. The third-order valence-corrected chi connectivity index (χ3v) is 4.38. The number of carbonyl (C=O) groups excluding carboxylic acids is 1. The van der Waals surface area contributed by atoms with Crippen molar-refractivity contribution in [1.82, 2.24) is 10.2 Å². The van der Waals surface area contributed by atoms with Gasteiger partial charge in [-0.15, -0.1) is 0 Å². The fraction of sp³-hybridized carbons (Fsp3) is 0.533. The monoisotopic (exact) mass is 339 g/mol. The molecule has 0 spiro atoms. The van der Waals surface area contributed by atoms with Crippen LogP contribution in [0.15, 0.2) is 28.7 Å². The second kappa shape index (κ2) is 7.76. The Morgan fingerprint density at radius 2 is 2.25 bits per heavy atom. The van der Waals surface area contributed by atoms with Crippen molar-refractivity contribution in [2.45, 2.75) is 13.3 Å². The Morgan fingerprint density at radius 1 is 1.45 bits per heavy atom. The molecule has 1 fully saturated rings. The fourth-order valence-corrected chi connectivity index (χ4v) is 2.90. The van der Waals surface area contributed by atoms with Gasteiger partial charge in [0.25, 0.3) is 0 Å². The van der Waals surface area contributed by atoms with Crippen molar-refractivity contribution in [3.05, 3.63) is 28.7 Å². The zero-order chi connectivity index (χ0) is 14.4. The number of carbonyl (C=O) groups is 1. The van der Waals surface area contributed by atoms with Crippen molar-refractivity contribution in [1.29, 1.82) is 0 Å². The van der Waals surface area contributed by atoms with Gasteiger partial charge in [-0.2, -0.15) is 0 Å². The quantitative estimate of drug-likeness (QED) is 0.835. The number of rotatable bonds is 6. The van der Waals surface area contributed by atoms with E-state index in [1.807, 2.05) is 24.3 Å². The maximum atomic E-state index is 11.9. The van der Waals surface area contributed by atoms with Crippen LogP contribution in [0.2, 0.25) is 0 Å². The van der Waals surface area contributed by atoms with Crippen LogP contribution >= 0.6 is 15.9 Å². The Labute approximate surface area is 129 Å². The summed E-state index contributed by atoms with van der Waals surface area (Å²) in [4.78, 5) is 14.3. The topological polar surface area (TPSA) is 44.4 Å². The van der Waals surface area contributed by atoms with E-state index < -0.39 is 0 Å². The van der Waals surface area contributed by atoms with Crippen molar-refractivity contribution in [3.63, 3.8) is 0 Å². The Hall–Kier alpha value is -0.910. The average molecular weight is 340 g/mol. The number of hydrogen-bond donors (Lipinski definition) is 2. The van der Waals surface area contributed by atoms with Crippen LogP contribution in [0.4, 0.5) is 5.69 Å². The molecule has 0 saturated carbocycles. The maximum Gasteiger partial charge on any atom is 0.238 e. The van der Waals surface area contributed by atoms with Crippen molar-refractivity contribution in [2.24, 2.45) is 5.92 Å². The van der Waals surface area contributed by atoms with E-state index in [4.69, 9.17) is 0 Å². The fourth-order valence-electron chi connectivity index (χ4n) is 2.51. The average Bonchev–Trinajstić information content (AvgIpc) is 2.89. The first kappa shape index (κ1) is 15.5. The van der Waals surface area contributed by atoms with Crippen LogP contribution in [0.1, 0.15) is 13.3 Å². The lowest BCUT2D eigenvalue weighted by Crippen LogP contribution is -2.32. The van der Waals surface area contributed by atoms with Crippen LogP contribution in [-0.2, 0) is 4.79 Å². The minimum atomic E-state index is 0.00208. The number of hydrogen-bond acceptors (Lipinski definition) is 3. The lowest BCUT2D eigenvalue weighted by molar-refractivity contribution is -0.115. The molecule has 20 heavy (non-hydrogen) atoms. The summed E-state index contributed by atoms with van der Waals surface area (Å²) in [6, 6.07) is 7.64. The van der Waals surface area contributed by atoms with Gasteiger partial charge >= 0.3 is 0 Å². The lowest BCUT2D eigenvalue weighted by Gasteiger charge is -2.14. The molecule has 1 heterocycles. The van der Waals surface area contributed by atoms with Crippen LogP contribution in [0, 0.1) is 5.92 Å². The molecule has 0 radical (unpaired) electrons. The molecule has 0 aliphatic carbocycles. The third-order valence-electron chi connectivity index (χ3n) is 3.68. The first-order valence-electron chi connectivity index (χ1n) is 7.16. The molecule has 0 bridgehead atoms. The van der Waals surface area contributed by atoms with E-state index in [2.05, 4.69) is 38.4 Å². The maximum absolute atomic E-state index is 11.9. The van der Waals surface area contributed by atoms with E-state index in [9.17, 15) is 4.79 Å². The molecular formula is C15H22BrN3O. The van der Waals surface area contributed by atoms with E-state index >= 15 is 0 Å². The largest absolute Gasteiger partial charge is 0.324 e. The van der Waals surface area contributed by atoms with Crippen molar-refractivity contribution >= 4 is 27.5 Å². The number of amides is 1. The molecule has 2 N–H and O–H groups in total. The molecule has 1 aliphatic rings. The smallest absolute Gasteiger partial charge is 0.238 e. The van der Waals surface area contributed by atoms with Gasteiger partial charge in [-0.25, -0.2) is 0 Å². The molecule has 0 aromatic heterocycles. The Morgan fingerprint density at radius 3 is 2.95 bits per heavy atom. The van der Waals surface area contributed by atoms with E-state index in [1.54, 1.807) is 0 Å². The molecule has 2 rings (SSSR count). The van der Waals surface area contributed by atoms with Crippen LogP contribution in [0.25, 0.3) is 0 Å². The van der Waals surface area contributed by atoms with Gasteiger partial charge in [0, 0.05) is 11.0 Å². The molecule has 4 nitrogen and oxygen atoms in total. The van der Waals surface area contributed by atoms with Gasteiger partial charge in [0.1, 0.15) is 0 Å². The summed E-state index contributed by atoms with van der Waals surface area (Å²) in [5.41, 5.74) is 0.817. The summed E-state index contributed by atoms with van der Waals surface area (Å²) < 4.78 is 0.905. The van der Waals surface area contributed by atoms with Crippen molar-refractivity contribution < 1.29 is 4.79 Å². The number of likely N-dealkylation sites (tertiary alicyclic amines) is 1. The van der Waals surface area contributed by atoms with Gasteiger partial charge in [-0.05, 0) is 60.0 Å². The standard InChI is InChI=1S/C15H22BrN3O/c1-2-19-8-7-12(11-19)9-17-10-15(20)18-14-6-4-3-5-13(14)16/h3-6,12,17H,2,7-11H2,1H3,(H,18,20). The van der Waals surface area contributed by atoms with Crippen molar-refractivity contribution in [3.8, 4) is 0 Å². The third kappa shape index (κ3) is 4.58. The molecule has 1 aromatic carbocycles. The van der Waals surface area contributed by atoms with Gasteiger partial charge in [0.05, 0.1) is 12.2 Å². The molecule has 1 atom stereocenters. The first-order chi connectivity index (χ1) is 9.69. The zero-order valence-electron chi connectivity index (χ0n) is 11.9. The first-order valence-corrected chi connectivity index (χ1v) is 7.95. The number of para-hydroxylation sites is 1. The lowest BCUT2D eigenvalue weighted by atomic mass is 10.1. The predicted molar refractivity (Wildman–Crippen MR) is 85.9 cm³/mol. The normalized spacial score (nSPS) is 19.2. The van der Waals surface area contributed by atoms with Crippen LogP contribution in [0.5, 0.6) is 0 Å². The van der Waals surface area contributed by atoms with Gasteiger partial charge in [0.15, 0.2) is 0 Å². The van der Waals surface area contributed by atoms with Crippen molar-refractivity contribution in [2.75, 3.05) is 38.0 Å². The van der Waals surface area contributed by atoms with Crippen LogP contribution in [-0.4, -0.2) is 43.5 Å². The van der Waals surface area contributed by atoms with Gasteiger partial charge in [0.2, 0.25) is 5.91 Å². The molecule has 110 valence electrons. The molecule has 1 aliphatic heterocycles. The van der Waals surface area contributed by atoms with Crippen LogP contribution in [0.3, 0.4) is 0 Å². The molecule has 1 unspecified atom stereocenters. The summed E-state index contributed by atoms with van der Waals surface area (Å²) in [6.45, 7) is 6.94.